The molecule has 1 amide bonds. The molecule has 0 bridgehead atoms. The Bertz CT molecular complexity index is 586. The summed E-state index contributed by atoms with van der Waals surface area (Å²) in [5.41, 5.74) is 0.729. The van der Waals surface area contributed by atoms with E-state index in [0.717, 1.165) is 5.56 Å². The van der Waals surface area contributed by atoms with Crippen LogP contribution in [0.1, 0.15) is 6.92 Å². The molecule has 0 unspecified atom stereocenters. The molecular weight excluding hydrogens is 278 g/mol. The molecule has 0 saturated heterocycles. The fourth-order valence-electron chi connectivity index (χ4n) is 1.57. The van der Waals surface area contributed by atoms with Gasteiger partial charge in [0.1, 0.15) is 5.75 Å². The van der Waals surface area contributed by atoms with Crippen molar-refractivity contribution in [1.29, 1.82) is 0 Å². The number of thioether (sulfide) groups is 1. The molecule has 0 aliphatic carbocycles. The summed E-state index contributed by atoms with van der Waals surface area (Å²) in [5, 5.41) is 10.9. The second kappa shape index (κ2) is 6.95. The van der Waals surface area contributed by atoms with Gasteiger partial charge in [-0.3, -0.25) is 4.79 Å². The first kappa shape index (κ1) is 14.4. The molecule has 1 heterocycles. The summed E-state index contributed by atoms with van der Waals surface area (Å²) >= 11 is 1.20. The van der Waals surface area contributed by atoms with Gasteiger partial charge in [0.15, 0.2) is 0 Å². The number of nitrogens with zero attached hydrogens (tertiary/aromatic N) is 2. The van der Waals surface area contributed by atoms with Crippen LogP contribution in [0.15, 0.2) is 33.9 Å². The number of carbonyl (C=O) groups is 1. The predicted octanol–water partition coefficient (Wildman–Crippen LogP) is 1.97. The monoisotopic (exact) mass is 293 g/mol. The smallest absolute Gasteiger partial charge is 0.277 e. The van der Waals surface area contributed by atoms with Crippen LogP contribution >= 0.6 is 11.8 Å². The van der Waals surface area contributed by atoms with E-state index in [0.29, 0.717) is 23.4 Å². The Morgan fingerprint density at radius 3 is 2.95 bits per heavy atom. The third-order valence-corrected chi connectivity index (χ3v) is 3.26. The first-order chi connectivity index (χ1) is 9.74. The summed E-state index contributed by atoms with van der Waals surface area (Å²) in [4.78, 5) is 11.4. The highest BCUT2D eigenvalue weighted by Gasteiger charge is 2.14. The van der Waals surface area contributed by atoms with Crippen LogP contribution in [0.25, 0.3) is 11.5 Å². The molecule has 0 saturated carbocycles. The average molecular weight is 293 g/mol. The Balaban J connectivity index is 2.07. The maximum absolute atomic E-state index is 11.4. The molecule has 0 aliphatic rings. The lowest BCUT2D eigenvalue weighted by Gasteiger charge is -2.03. The lowest BCUT2D eigenvalue weighted by Crippen LogP contribution is -2.24. The van der Waals surface area contributed by atoms with E-state index in [2.05, 4.69) is 15.5 Å². The summed E-state index contributed by atoms with van der Waals surface area (Å²) in [5.74, 6) is 1.23. The zero-order chi connectivity index (χ0) is 14.4. The number of amides is 1. The van der Waals surface area contributed by atoms with Crippen molar-refractivity contribution in [1.82, 2.24) is 15.5 Å². The van der Waals surface area contributed by atoms with E-state index in [4.69, 9.17) is 9.15 Å². The first-order valence-corrected chi connectivity index (χ1v) is 7.09. The van der Waals surface area contributed by atoms with Crippen molar-refractivity contribution < 1.29 is 13.9 Å². The quantitative estimate of drug-likeness (QED) is 0.821. The lowest BCUT2D eigenvalue weighted by atomic mass is 10.2. The van der Waals surface area contributed by atoms with Crippen molar-refractivity contribution in [2.45, 2.75) is 12.1 Å². The summed E-state index contributed by atoms with van der Waals surface area (Å²) in [6, 6.07) is 7.39. The van der Waals surface area contributed by atoms with Crippen molar-refractivity contribution in [3.8, 4) is 17.2 Å². The highest BCUT2D eigenvalue weighted by Crippen LogP contribution is 2.30. The molecule has 20 heavy (non-hydrogen) atoms. The molecule has 6 nitrogen and oxygen atoms in total. The van der Waals surface area contributed by atoms with E-state index in [1.165, 1.54) is 11.8 Å². The molecular formula is C13H15N3O3S. The summed E-state index contributed by atoms with van der Waals surface area (Å²) < 4.78 is 10.8. The number of hydrogen-bond donors (Lipinski definition) is 1. The number of benzene rings is 1. The first-order valence-electron chi connectivity index (χ1n) is 6.11. The van der Waals surface area contributed by atoms with Crippen molar-refractivity contribution in [3.05, 3.63) is 24.3 Å². The van der Waals surface area contributed by atoms with Gasteiger partial charge in [0.05, 0.1) is 18.4 Å². The molecule has 0 spiro atoms. The molecule has 0 fully saturated rings. The maximum atomic E-state index is 11.4. The van der Waals surface area contributed by atoms with E-state index < -0.39 is 0 Å². The molecule has 106 valence electrons. The van der Waals surface area contributed by atoms with Gasteiger partial charge >= 0.3 is 0 Å². The van der Waals surface area contributed by atoms with Gasteiger partial charge in [-0.2, -0.15) is 0 Å². The molecule has 2 aromatic rings. The van der Waals surface area contributed by atoms with E-state index in [-0.39, 0.29) is 11.7 Å². The fraction of sp³-hybridized carbons (Fsp3) is 0.308. The second-order valence-corrected chi connectivity index (χ2v) is 4.74. The molecule has 7 heteroatoms. The Morgan fingerprint density at radius 2 is 2.20 bits per heavy atom. The predicted molar refractivity (Wildman–Crippen MR) is 75.7 cm³/mol. The Hall–Kier alpha value is -2.02. The van der Waals surface area contributed by atoms with E-state index in [1.807, 2.05) is 31.2 Å². The minimum absolute atomic E-state index is 0.0606. The number of carbonyl (C=O) groups excluding carboxylic acids is 1. The van der Waals surface area contributed by atoms with E-state index >= 15 is 0 Å². The van der Waals surface area contributed by atoms with Crippen molar-refractivity contribution >= 4 is 17.7 Å². The standard InChI is InChI=1S/C13H15N3O3S/c1-3-14-11(17)8-20-13-16-15-12(19-13)9-6-4-5-7-10(9)18-2/h4-7H,3,8H2,1-2H3,(H,14,17). The number of methoxy groups -OCH3 is 1. The van der Waals surface area contributed by atoms with Crippen LogP contribution in [-0.4, -0.2) is 35.5 Å². The molecule has 1 N–H and O–H groups in total. The van der Waals surface area contributed by atoms with Gasteiger partial charge < -0.3 is 14.5 Å². The number of ether oxygens (including phenoxy) is 1. The summed E-state index contributed by atoms with van der Waals surface area (Å²) in [6.45, 7) is 2.48. The molecule has 1 aromatic heterocycles. The van der Waals surface area contributed by atoms with Gasteiger partial charge in [-0.05, 0) is 19.1 Å². The third kappa shape index (κ3) is 3.51. The third-order valence-electron chi connectivity index (χ3n) is 2.44. The minimum Gasteiger partial charge on any atom is -0.496 e. The largest absolute Gasteiger partial charge is 0.496 e. The van der Waals surface area contributed by atoms with Gasteiger partial charge in [0.25, 0.3) is 11.1 Å². The maximum Gasteiger partial charge on any atom is 0.277 e. The zero-order valence-corrected chi connectivity index (χ0v) is 12.1. The van der Waals surface area contributed by atoms with Gasteiger partial charge in [0.2, 0.25) is 5.91 Å². The lowest BCUT2D eigenvalue weighted by molar-refractivity contribution is -0.118. The molecule has 1 aromatic carbocycles. The van der Waals surface area contributed by atoms with Crippen LogP contribution in [0, 0.1) is 0 Å². The Kier molecular flexibility index (Phi) is 5.00. The number of hydrogen-bond acceptors (Lipinski definition) is 6. The average Bonchev–Trinajstić information content (AvgIpc) is 2.94. The van der Waals surface area contributed by atoms with Crippen LogP contribution < -0.4 is 10.1 Å². The highest BCUT2D eigenvalue weighted by atomic mass is 32.2. The number of rotatable bonds is 6. The van der Waals surface area contributed by atoms with Crippen molar-refractivity contribution in [3.63, 3.8) is 0 Å². The molecule has 0 aliphatic heterocycles. The molecule has 2 rings (SSSR count). The number of para-hydroxylation sites is 1. The van der Waals surface area contributed by atoms with Crippen molar-refractivity contribution in [2.24, 2.45) is 0 Å². The zero-order valence-electron chi connectivity index (χ0n) is 11.3. The second-order valence-electron chi connectivity index (χ2n) is 3.82. The SMILES string of the molecule is CCNC(=O)CSc1nnc(-c2ccccc2OC)o1. The van der Waals surface area contributed by atoms with Gasteiger partial charge in [0, 0.05) is 6.54 Å². The van der Waals surface area contributed by atoms with Crippen molar-refractivity contribution in [2.75, 3.05) is 19.4 Å². The van der Waals surface area contributed by atoms with Crippen LogP contribution in [0.3, 0.4) is 0 Å². The van der Waals surface area contributed by atoms with Crippen LogP contribution in [0.2, 0.25) is 0 Å². The minimum atomic E-state index is -0.0606. The van der Waals surface area contributed by atoms with Crippen LogP contribution in [0.5, 0.6) is 5.75 Å². The Morgan fingerprint density at radius 1 is 1.40 bits per heavy atom. The topological polar surface area (TPSA) is 77.2 Å². The summed E-state index contributed by atoms with van der Waals surface area (Å²) in [7, 11) is 1.58. The highest BCUT2D eigenvalue weighted by molar-refractivity contribution is 7.99. The van der Waals surface area contributed by atoms with E-state index in [9.17, 15) is 4.79 Å². The van der Waals surface area contributed by atoms with Gasteiger partial charge in [-0.1, -0.05) is 23.9 Å². The fourth-order valence-corrected chi connectivity index (χ4v) is 2.17. The van der Waals surface area contributed by atoms with Crippen LogP contribution in [-0.2, 0) is 4.79 Å². The Labute approximate surface area is 120 Å². The van der Waals surface area contributed by atoms with Gasteiger partial charge in [-0.25, -0.2) is 0 Å². The molecule has 0 radical (unpaired) electrons. The van der Waals surface area contributed by atoms with E-state index in [1.54, 1.807) is 7.11 Å². The number of aromatic nitrogens is 2. The summed E-state index contributed by atoms with van der Waals surface area (Å²) in [6.07, 6.45) is 0. The molecule has 0 atom stereocenters. The van der Waals surface area contributed by atoms with Crippen LogP contribution in [0.4, 0.5) is 0 Å². The number of nitrogens with one attached hydrogen (secondary N) is 1. The normalized spacial score (nSPS) is 10.3. The van der Waals surface area contributed by atoms with Gasteiger partial charge in [-0.15, -0.1) is 10.2 Å².